The van der Waals surface area contributed by atoms with Gasteiger partial charge in [-0.05, 0) is 43.0 Å². The van der Waals surface area contributed by atoms with Gasteiger partial charge in [0, 0.05) is 17.9 Å². The van der Waals surface area contributed by atoms with Crippen molar-refractivity contribution >= 4 is 23.3 Å². The molecule has 1 aliphatic rings. The molecule has 0 atom stereocenters. The average Bonchev–Trinajstić information content (AvgIpc) is 3.45. The van der Waals surface area contributed by atoms with E-state index in [1.165, 1.54) is 19.0 Å². The van der Waals surface area contributed by atoms with Crippen molar-refractivity contribution in [3.63, 3.8) is 0 Å². The van der Waals surface area contributed by atoms with Crippen molar-refractivity contribution in [2.45, 2.75) is 32.2 Å². The van der Waals surface area contributed by atoms with Crippen LogP contribution in [0.5, 0.6) is 0 Å². The average molecular weight is 338 g/mol. The minimum Gasteiger partial charge on any atom is -0.367 e. The van der Waals surface area contributed by atoms with E-state index in [4.69, 9.17) is 0 Å². The molecular weight excluding hydrogens is 316 g/mol. The number of hydrogen-bond acceptors (Lipinski definition) is 4. The molecule has 2 amide bonds. The Morgan fingerprint density at radius 2 is 1.96 bits per heavy atom. The van der Waals surface area contributed by atoms with Crippen molar-refractivity contribution < 1.29 is 9.59 Å². The van der Waals surface area contributed by atoms with Gasteiger partial charge in [0.2, 0.25) is 5.91 Å². The summed E-state index contributed by atoms with van der Waals surface area (Å²) in [6.07, 6.45) is 4.68. The van der Waals surface area contributed by atoms with E-state index in [9.17, 15) is 9.59 Å². The summed E-state index contributed by atoms with van der Waals surface area (Å²) in [6.45, 7) is 1.94. The molecule has 0 aliphatic heterocycles. The fourth-order valence-corrected chi connectivity index (χ4v) is 2.46. The zero-order valence-corrected chi connectivity index (χ0v) is 14.2. The van der Waals surface area contributed by atoms with Gasteiger partial charge in [0.15, 0.2) is 0 Å². The number of nitrogens with zero attached hydrogens (tertiary/aromatic N) is 1. The van der Waals surface area contributed by atoms with Crippen molar-refractivity contribution in [3.8, 4) is 0 Å². The van der Waals surface area contributed by atoms with Gasteiger partial charge >= 0.3 is 0 Å². The zero-order valence-electron chi connectivity index (χ0n) is 14.2. The quantitative estimate of drug-likeness (QED) is 0.725. The van der Waals surface area contributed by atoms with Gasteiger partial charge in [-0.15, -0.1) is 0 Å². The fourth-order valence-electron chi connectivity index (χ4n) is 2.46. The highest BCUT2D eigenvalue weighted by molar-refractivity contribution is 5.99. The number of benzene rings is 1. The van der Waals surface area contributed by atoms with Crippen molar-refractivity contribution in [1.82, 2.24) is 10.3 Å². The molecule has 0 radical (unpaired) electrons. The number of rotatable bonds is 7. The molecule has 0 saturated heterocycles. The van der Waals surface area contributed by atoms with Gasteiger partial charge < -0.3 is 16.0 Å². The summed E-state index contributed by atoms with van der Waals surface area (Å²) < 4.78 is 0. The van der Waals surface area contributed by atoms with Crippen LogP contribution in [0.25, 0.3) is 0 Å². The Bertz CT molecular complexity index is 754. The first-order valence-electron chi connectivity index (χ1n) is 8.54. The lowest BCUT2D eigenvalue weighted by Crippen LogP contribution is -2.33. The lowest BCUT2D eigenvalue weighted by atomic mass is 10.1. The fraction of sp³-hybridized carbons (Fsp3) is 0.316. The number of hydrogen-bond donors (Lipinski definition) is 3. The van der Waals surface area contributed by atoms with Gasteiger partial charge in [-0.1, -0.05) is 25.1 Å². The first kappa shape index (κ1) is 17.0. The molecule has 2 aromatic rings. The second kappa shape index (κ2) is 7.79. The highest BCUT2D eigenvalue weighted by Crippen LogP contribution is 2.23. The van der Waals surface area contributed by atoms with Crippen molar-refractivity contribution in [3.05, 3.63) is 53.7 Å². The molecule has 6 nitrogen and oxygen atoms in total. The Morgan fingerprint density at radius 1 is 1.16 bits per heavy atom. The number of pyridine rings is 1. The number of aromatic nitrogens is 1. The largest absolute Gasteiger partial charge is 0.367 e. The van der Waals surface area contributed by atoms with Gasteiger partial charge in [-0.25, -0.2) is 4.98 Å². The highest BCUT2D eigenvalue weighted by Gasteiger charge is 2.21. The maximum Gasteiger partial charge on any atom is 0.253 e. The normalized spacial score (nSPS) is 13.2. The molecule has 0 unspecified atom stereocenters. The van der Waals surface area contributed by atoms with E-state index in [-0.39, 0.29) is 18.4 Å². The number of nitrogens with one attached hydrogen (secondary N) is 3. The summed E-state index contributed by atoms with van der Waals surface area (Å²) in [5.41, 5.74) is 2.27. The summed E-state index contributed by atoms with van der Waals surface area (Å²) in [7, 11) is 0. The lowest BCUT2D eigenvalue weighted by Gasteiger charge is -2.10. The third-order valence-electron chi connectivity index (χ3n) is 4.04. The van der Waals surface area contributed by atoms with E-state index in [1.54, 1.807) is 12.1 Å². The summed E-state index contributed by atoms with van der Waals surface area (Å²) >= 11 is 0. The third kappa shape index (κ3) is 4.79. The highest BCUT2D eigenvalue weighted by atomic mass is 16.2. The molecule has 3 rings (SSSR count). The molecule has 1 fully saturated rings. The maximum atomic E-state index is 12.1. The lowest BCUT2D eigenvalue weighted by molar-refractivity contribution is -0.115. The van der Waals surface area contributed by atoms with E-state index < -0.39 is 0 Å². The topological polar surface area (TPSA) is 83.1 Å². The standard InChI is InChI=1S/C19H22N4O2/c1-2-13-5-3-4-6-16(13)23-18(24)12-21-19(25)14-7-10-17(20-11-14)22-15-8-9-15/h3-7,10-11,15H,2,8-9,12H2,1H3,(H,20,22)(H,21,25)(H,23,24). The van der Waals surface area contributed by atoms with Gasteiger partial charge in [-0.3, -0.25) is 9.59 Å². The van der Waals surface area contributed by atoms with Crippen LogP contribution < -0.4 is 16.0 Å². The van der Waals surface area contributed by atoms with Gasteiger partial charge in [0.05, 0.1) is 12.1 Å². The summed E-state index contributed by atoms with van der Waals surface area (Å²) in [5.74, 6) is 0.201. The number of aryl methyl sites for hydroxylation is 1. The van der Waals surface area contributed by atoms with Crippen LogP contribution in [-0.4, -0.2) is 29.4 Å². The number of para-hydroxylation sites is 1. The van der Waals surface area contributed by atoms with Gasteiger partial charge in [-0.2, -0.15) is 0 Å². The molecule has 3 N–H and O–H groups in total. The molecule has 25 heavy (non-hydrogen) atoms. The maximum absolute atomic E-state index is 12.1. The molecule has 1 heterocycles. The van der Waals surface area contributed by atoms with Crippen LogP contribution in [0.15, 0.2) is 42.6 Å². The molecule has 1 saturated carbocycles. The Morgan fingerprint density at radius 3 is 2.64 bits per heavy atom. The minimum absolute atomic E-state index is 0.0844. The molecule has 6 heteroatoms. The first-order valence-corrected chi connectivity index (χ1v) is 8.54. The van der Waals surface area contributed by atoms with Crippen molar-refractivity contribution in [1.29, 1.82) is 0 Å². The summed E-state index contributed by atoms with van der Waals surface area (Å²) in [4.78, 5) is 28.4. The SMILES string of the molecule is CCc1ccccc1NC(=O)CNC(=O)c1ccc(NC2CC2)nc1. The van der Waals surface area contributed by atoms with E-state index in [2.05, 4.69) is 20.9 Å². The smallest absolute Gasteiger partial charge is 0.253 e. The minimum atomic E-state index is -0.315. The molecule has 130 valence electrons. The van der Waals surface area contributed by atoms with Crippen LogP contribution in [0.2, 0.25) is 0 Å². The van der Waals surface area contributed by atoms with E-state index in [0.717, 1.165) is 23.5 Å². The molecular formula is C19H22N4O2. The molecule has 0 spiro atoms. The number of carbonyl (C=O) groups is 2. The Kier molecular flexibility index (Phi) is 5.28. The molecule has 1 aliphatic carbocycles. The predicted molar refractivity (Wildman–Crippen MR) is 97.7 cm³/mol. The predicted octanol–water partition coefficient (Wildman–Crippen LogP) is 2.59. The summed E-state index contributed by atoms with van der Waals surface area (Å²) in [5, 5.41) is 8.71. The van der Waals surface area contributed by atoms with Crippen LogP contribution in [0.4, 0.5) is 11.5 Å². The second-order valence-electron chi connectivity index (χ2n) is 6.09. The zero-order chi connectivity index (χ0) is 17.6. The Hall–Kier alpha value is -2.89. The van der Waals surface area contributed by atoms with E-state index >= 15 is 0 Å². The number of anilines is 2. The van der Waals surface area contributed by atoms with Crippen molar-refractivity contribution in [2.24, 2.45) is 0 Å². The van der Waals surface area contributed by atoms with E-state index in [0.29, 0.717) is 11.6 Å². The monoisotopic (exact) mass is 338 g/mol. The number of carbonyl (C=O) groups excluding carboxylic acids is 2. The number of amides is 2. The Labute approximate surface area is 147 Å². The van der Waals surface area contributed by atoms with Crippen LogP contribution in [0.3, 0.4) is 0 Å². The third-order valence-corrected chi connectivity index (χ3v) is 4.04. The second-order valence-corrected chi connectivity index (χ2v) is 6.09. The van der Waals surface area contributed by atoms with Crippen molar-refractivity contribution in [2.75, 3.05) is 17.2 Å². The molecule has 1 aromatic carbocycles. The van der Waals surface area contributed by atoms with Crippen LogP contribution in [0, 0.1) is 0 Å². The molecule has 0 bridgehead atoms. The van der Waals surface area contributed by atoms with Crippen LogP contribution >= 0.6 is 0 Å². The molecule has 1 aromatic heterocycles. The van der Waals surface area contributed by atoms with Crippen LogP contribution in [0.1, 0.15) is 35.7 Å². The summed E-state index contributed by atoms with van der Waals surface area (Å²) in [6, 6.07) is 11.6. The van der Waals surface area contributed by atoms with E-state index in [1.807, 2.05) is 31.2 Å². The van der Waals surface area contributed by atoms with Crippen LogP contribution in [-0.2, 0) is 11.2 Å². The first-order chi connectivity index (χ1) is 12.2. The Balaban J connectivity index is 1.50. The van der Waals surface area contributed by atoms with Gasteiger partial charge in [0.25, 0.3) is 5.91 Å². The van der Waals surface area contributed by atoms with Gasteiger partial charge in [0.1, 0.15) is 5.82 Å².